The molecule has 0 aliphatic heterocycles. The Balaban J connectivity index is 1.66. The number of aryl methyl sites for hydroxylation is 2. The van der Waals surface area contributed by atoms with Crippen LogP contribution in [0.15, 0.2) is 84.9 Å². The number of thiophene rings is 1. The van der Waals surface area contributed by atoms with Crippen molar-refractivity contribution in [2.75, 3.05) is 0 Å². The molecule has 168 valence electrons. The average Bonchev–Trinajstić information content (AvgIpc) is 3.33. The maximum absolute atomic E-state index is 2.50. The van der Waals surface area contributed by atoms with E-state index in [0.29, 0.717) is 0 Å². The van der Waals surface area contributed by atoms with Crippen LogP contribution in [-0.2, 0) is 12.6 Å². The SMILES string of the molecule is Cc1cc2sc3ccc(-c4ccccc4)cc3c2cc1-c1n(C(C)(C)C)c2ccccc2[n+]1C. The van der Waals surface area contributed by atoms with Gasteiger partial charge in [-0.3, -0.25) is 0 Å². The van der Waals surface area contributed by atoms with Crippen molar-refractivity contribution in [3.05, 3.63) is 90.5 Å². The van der Waals surface area contributed by atoms with Gasteiger partial charge in [-0.15, -0.1) is 11.3 Å². The minimum absolute atomic E-state index is 0.0468. The van der Waals surface area contributed by atoms with Crippen LogP contribution in [0.5, 0.6) is 0 Å². The molecule has 0 radical (unpaired) electrons. The fourth-order valence-corrected chi connectivity index (χ4v) is 6.44. The lowest BCUT2D eigenvalue weighted by Crippen LogP contribution is -2.33. The zero-order chi connectivity index (χ0) is 23.6. The summed E-state index contributed by atoms with van der Waals surface area (Å²) in [6.45, 7) is 9.13. The van der Waals surface area contributed by atoms with Gasteiger partial charge in [-0.05, 0) is 80.8 Å². The molecule has 0 aliphatic rings. The van der Waals surface area contributed by atoms with Crippen LogP contribution in [0.3, 0.4) is 0 Å². The summed E-state index contributed by atoms with van der Waals surface area (Å²) in [7, 11) is 2.20. The molecule has 0 atom stereocenters. The third kappa shape index (κ3) is 3.19. The summed E-state index contributed by atoms with van der Waals surface area (Å²) in [6, 6.07) is 31.1. The molecule has 34 heavy (non-hydrogen) atoms. The van der Waals surface area contributed by atoms with E-state index in [4.69, 9.17) is 0 Å². The standard InChI is InChI=1S/C31H29N2S/c1-20-17-29-25(24-18-22(15-16-28(24)34-29)21-11-7-6-8-12-21)19-23(20)30-32(5)26-13-9-10-14-27(26)33(30)31(2,3)4/h6-19H,1-5H3/q+1. The molecule has 0 bridgehead atoms. The quantitative estimate of drug-likeness (QED) is 0.230. The van der Waals surface area contributed by atoms with E-state index in [0.717, 1.165) is 0 Å². The number of hydrogen-bond acceptors (Lipinski definition) is 1. The lowest BCUT2D eigenvalue weighted by atomic mass is 9.99. The first-order valence-electron chi connectivity index (χ1n) is 11.9. The topological polar surface area (TPSA) is 8.81 Å². The Morgan fingerprint density at radius 1 is 0.735 bits per heavy atom. The van der Waals surface area contributed by atoms with Crippen LogP contribution in [0.2, 0.25) is 0 Å². The summed E-state index contributed by atoms with van der Waals surface area (Å²) in [6.07, 6.45) is 0. The maximum Gasteiger partial charge on any atom is 0.290 e. The number of nitrogens with zero attached hydrogens (tertiary/aromatic N) is 2. The maximum atomic E-state index is 2.50. The zero-order valence-corrected chi connectivity index (χ0v) is 21.2. The second-order valence-electron chi connectivity index (χ2n) is 10.2. The van der Waals surface area contributed by atoms with Gasteiger partial charge in [-0.1, -0.05) is 48.5 Å². The van der Waals surface area contributed by atoms with E-state index in [1.807, 2.05) is 11.3 Å². The minimum atomic E-state index is -0.0468. The smallest absolute Gasteiger partial charge is 0.226 e. The van der Waals surface area contributed by atoms with Crippen molar-refractivity contribution < 1.29 is 4.57 Å². The highest BCUT2D eigenvalue weighted by atomic mass is 32.1. The van der Waals surface area contributed by atoms with Gasteiger partial charge in [-0.2, -0.15) is 0 Å². The highest BCUT2D eigenvalue weighted by Gasteiger charge is 2.33. The largest absolute Gasteiger partial charge is 0.290 e. The summed E-state index contributed by atoms with van der Waals surface area (Å²) in [5.41, 5.74) is 7.62. The lowest BCUT2D eigenvalue weighted by molar-refractivity contribution is -0.634. The Kier molecular flexibility index (Phi) is 4.69. The number of para-hydroxylation sites is 2. The van der Waals surface area contributed by atoms with E-state index in [-0.39, 0.29) is 5.54 Å². The molecule has 0 saturated heterocycles. The molecule has 0 aliphatic carbocycles. The van der Waals surface area contributed by atoms with Gasteiger partial charge in [0, 0.05) is 20.2 Å². The predicted octanol–water partition coefficient (Wildman–Crippen LogP) is 8.23. The molecule has 0 fully saturated rings. The average molecular weight is 462 g/mol. The third-order valence-electron chi connectivity index (χ3n) is 6.85. The molecular weight excluding hydrogens is 432 g/mol. The highest BCUT2D eigenvalue weighted by molar-refractivity contribution is 7.25. The Labute approximate surface area is 204 Å². The van der Waals surface area contributed by atoms with Crippen molar-refractivity contribution in [3.8, 4) is 22.5 Å². The Bertz CT molecular complexity index is 1700. The van der Waals surface area contributed by atoms with Crippen LogP contribution in [0.25, 0.3) is 53.7 Å². The second kappa shape index (κ2) is 7.54. The second-order valence-corrected chi connectivity index (χ2v) is 11.3. The third-order valence-corrected chi connectivity index (χ3v) is 7.98. The first-order chi connectivity index (χ1) is 16.3. The molecule has 4 aromatic carbocycles. The van der Waals surface area contributed by atoms with E-state index < -0.39 is 0 Å². The fourth-order valence-electron chi connectivity index (χ4n) is 5.27. The molecule has 2 nitrogen and oxygen atoms in total. The van der Waals surface area contributed by atoms with Crippen LogP contribution >= 0.6 is 11.3 Å². The molecule has 2 aromatic heterocycles. The van der Waals surface area contributed by atoms with Crippen LogP contribution < -0.4 is 4.57 Å². The van der Waals surface area contributed by atoms with Gasteiger partial charge >= 0.3 is 0 Å². The number of imidazole rings is 1. The summed E-state index contributed by atoms with van der Waals surface area (Å²) in [5.74, 6) is 1.26. The van der Waals surface area contributed by atoms with Gasteiger partial charge in [0.15, 0.2) is 11.0 Å². The molecule has 0 spiro atoms. The van der Waals surface area contributed by atoms with Crippen LogP contribution in [0, 0.1) is 6.92 Å². The first-order valence-corrected chi connectivity index (χ1v) is 12.7. The summed E-state index contributed by atoms with van der Waals surface area (Å²) < 4.78 is 7.55. The van der Waals surface area contributed by atoms with Crippen molar-refractivity contribution >= 4 is 42.5 Å². The van der Waals surface area contributed by atoms with E-state index in [9.17, 15) is 0 Å². The van der Waals surface area contributed by atoms with Crippen molar-refractivity contribution in [1.29, 1.82) is 0 Å². The van der Waals surface area contributed by atoms with E-state index >= 15 is 0 Å². The number of rotatable bonds is 2. The van der Waals surface area contributed by atoms with Gasteiger partial charge in [-0.25, -0.2) is 9.13 Å². The summed E-state index contributed by atoms with van der Waals surface area (Å²) >= 11 is 1.89. The summed E-state index contributed by atoms with van der Waals surface area (Å²) in [5, 5.41) is 2.67. The van der Waals surface area contributed by atoms with E-state index in [2.05, 4.69) is 129 Å². The molecular formula is C31H29N2S+. The highest BCUT2D eigenvalue weighted by Crippen LogP contribution is 2.40. The van der Waals surface area contributed by atoms with Gasteiger partial charge in [0.2, 0.25) is 0 Å². The summed E-state index contributed by atoms with van der Waals surface area (Å²) in [4.78, 5) is 0. The first kappa shape index (κ1) is 21.1. The monoisotopic (exact) mass is 461 g/mol. The van der Waals surface area contributed by atoms with Crippen molar-refractivity contribution in [2.45, 2.75) is 33.2 Å². The molecule has 2 heterocycles. The molecule has 3 heteroatoms. The molecule has 0 N–H and O–H groups in total. The van der Waals surface area contributed by atoms with Crippen molar-refractivity contribution in [3.63, 3.8) is 0 Å². The van der Waals surface area contributed by atoms with Crippen LogP contribution in [-0.4, -0.2) is 4.57 Å². The minimum Gasteiger partial charge on any atom is -0.226 e. The molecule has 0 unspecified atom stereocenters. The molecule has 0 amide bonds. The van der Waals surface area contributed by atoms with Gasteiger partial charge < -0.3 is 0 Å². The van der Waals surface area contributed by atoms with E-state index in [1.54, 1.807) is 0 Å². The van der Waals surface area contributed by atoms with Crippen molar-refractivity contribution in [1.82, 2.24) is 4.57 Å². The van der Waals surface area contributed by atoms with Gasteiger partial charge in [0.05, 0.1) is 12.6 Å². The van der Waals surface area contributed by atoms with Crippen LogP contribution in [0.1, 0.15) is 26.3 Å². The predicted molar refractivity (Wildman–Crippen MR) is 147 cm³/mol. The van der Waals surface area contributed by atoms with Crippen LogP contribution in [0.4, 0.5) is 0 Å². The Hall–Kier alpha value is -3.43. The molecule has 6 aromatic rings. The lowest BCUT2D eigenvalue weighted by Gasteiger charge is -2.19. The number of aromatic nitrogens is 2. The normalized spacial score (nSPS) is 12.3. The number of benzene rings is 4. The van der Waals surface area contributed by atoms with Gasteiger partial charge in [0.1, 0.15) is 5.54 Å². The van der Waals surface area contributed by atoms with Crippen molar-refractivity contribution in [2.24, 2.45) is 7.05 Å². The molecule has 6 rings (SSSR count). The molecule has 0 saturated carbocycles. The Morgan fingerprint density at radius 2 is 1.44 bits per heavy atom. The Morgan fingerprint density at radius 3 is 2.21 bits per heavy atom. The van der Waals surface area contributed by atoms with Gasteiger partial charge in [0.25, 0.3) is 5.82 Å². The number of fused-ring (bicyclic) bond motifs is 4. The fraction of sp³-hybridized carbons (Fsp3) is 0.194. The zero-order valence-electron chi connectivity index (χ0n) is 20.4. The number of hydrogen-bond donors (Lipinski definition) is 0. The van der Waals surface area contributed by atoms with E-state index in [1.165, 1.54) is 59.3 Å².